The lowest BCUT2D eigenvalue weighted by Gasteiger charge is -2.17. The molecular weight excluding hydrogens is 320 g/mol. The van der Waals surface area contributed by atoms with Crippen LogP contribution in [-0.2, 0) is 6.54 Å². The molecule has 7 heteroatoms. The molecule has 1 unspecified atom stereocenters. The monoisotopic (exact) mass is 338 g/mol. The van der Waals surface area contributed by atoms with Crippen LogP contribution in [0, 0.1) is 10.1 Å². The molecule has 0 radical (unpaired) electrons. The molecule has 1 fully saturated rings. The van der Waals surface area contributed by atoms with Crippen LogP contribution in [-0.4, -0.2) is 39.2 Å². The highest BCUT2D eigenvalue weighted by atomic mass is 16.6. The second-order valence-electron chi connectivity index (χ2n) is 6.31. The fraction of sp³-hybridized carbons (Fsp3) is 0.278. The fourth-order valence-electron chi connectivity index (χ4n) is 3.25. The standard InChI is InChI=1S/C18H18N4O3/c23-22(24)15-3-1-2-13(8-15)11-21-7-6-17(12-21)25-16-4-5-18-14(9-16)10-19-20-18/h1-5,8-10,17H,6-7,11-12H2,(H,19,20). The van der Waals surface area contributed by atoms with Crippen LogP contribution in [0.15, 0.2) is 48.7 Å². The zero-order valence-electron chi connectivity index (χ0n) is 13.6. The van der Waals surface area contributed by atoms with Crippen LogP contribution in [0.1, 0.15) is 12.0 Å². The van der Waals surface area contributed by atoms with E-state index >= 15 is 0 Å². The highest BCUT2D eigenvalue weighted by Crippen LogP contribution is 2.24. The number of nitro benzene ring substituents is 1. The van der Waals surface area contributed by atoms with Gasteiger partial charge in [0.25, 0.3) is 5.69 Å². The number of aromatic amines is 1. The summed E-state index contributed by atoms with van der Waals surface area (Å²) in [5, 5.41) is 18.9. The smallest absolute Gasteiger partial charge is 0.269 e. The maximum absolute atomic E-state index is 10.9. The second-order valence-corrected chi connectivity index (χ2v) is 6.31. The topological polar surface area (TPSA) is 84.3 Å². The number of non-ortho nitro benzene ring substituents is 1. The van der Waals surface area contributed by atoms with E-state index in [0.717, 1.165) is 41.7 Å². The number of likely N-dealkylation sites (tertiary alicyclic amines) is 1. The van der Waals surface area contributed by atoms with Gasteiger partial charge in [0.15, 0.2) is 0 Å². The molecule has 25 heavy (non-hydrogen) atoms. The van der Waals surface area contributed by atoms with Crippen molar-refractivity contribution in [1.82, 2.24) is 15.1 Å². The number of rotatable bonds is 5. The summed E-state index contributed by atoms with van der Waals surface area (Å²) in [6.45, 7) is 2.43. The van der Waals surface area contributed by atoms with E-state index in [1.807, 2.05) is 24.3 Å². The van der Waals surface area contributed by atoms with Crippen molar-refractivity contribution in [2.75, 3.05) is 13.1 Å². The molecule has 0 spiro atoms. The van der Waals surface area contributed by atoms with Gasteiger partial charge in [-0.2, -0.15) is 5.10 Å². The van der Waals surface area contributed by atoms with Gasteiger partial charge in [0.05, 0.1) is 16.6 Å². The van der Waals surface area contributed by atoms with Crippen molar-refractivity contribution in [3.63, 3.8) is 0 Å². The molecule has 0 saturated carbocycles. The van der Waals surface area contributed by atoms with Crippen LogP contribution < -0.4 is 4.74 Å². The zero-order chi connectivity index (χ0) is 17.2. The number of benzene rings is 2. The minimum atomic E-state index is -0.356. The summed E-state index contributed by atoms with van der Waals surface area (Å²) in [6, 6.07) is 12.7. The predicted molar refractivity (Wildman–Crippen MR) is 93.5 cm³/mol. The SMILES string of the molecule is O=[N+]([O-])c1cccc(CN2CCC(Oc3ccc4[nH]ncc4c3)C2)c1. The summed E-state index contributed by atoms with van der Waals surface area (Å²) in [5.74, 6) is 0.844. The molecule has 2 heterocycles. The van der Waals surface area contributed by atoms with Crippen LogP contribution >= 0.6 is 0 Å². The van der Waals surface area contributed by atoms with Gasteiger partial charge in [-0.05, 0) is 30.2 Å². The van der Waals surface area contributed by atoms with Crippen molar-refractivity contribution in [2.24, 2.45) is 0 Å². The van der Waals surface area contributed by atoms with Crippen LogP contribution in [0.25, 0.3) is 10.9 Å². The molecule has 1 atom stereocenters. The summed E-state index contributed by atoms with van der Waals surface area (Å²) >= 11 is 0. The normalized spacial score (nSPS) is 17.8. The summed E-state index contributed by atoms with van der Waals surface area (Å²) in [6.07, 6.45) is 2.85. The molecule has 128 valence electrons. The largest absolute Gasteiger partial charge is 0.489 e. The molecular formula is C18H18N4O3. The highest BCUT2D eigenvalue weighted by Gasteiger charge is 2.24. The Morgan fingerprint density at radius 3 is 3.12 bits per heavy atom. The van der Waals surface area contributed by atoms with Gasteiger partial charge in [0, 0.05) is 37.2 Å². The predicted octanol–water partition coefficient (Wildman–Crippen LogP) is 3.12. The van der Waals surface area contributed by atoms with E-state index in [1.165, 1.54) is 6.07 Å². The summed E-state index contributed by atoms with van der Waals surface area (Å²) in [5.41, 5.74) is 2.08. The number of ether oxygens (including phenoxy) is 1. The van der Waals surface area contributed by atoms with Crippen molar-refractivity contribution in [2.45, 2.75) is 19.1 Å². The minimum absolute atomic E-state index is 0.128. The third-order valence-electron chi connectivity index (χ3n) is 4.47. The molecule has 2 aromatic carbocycles. The van der Waals surface area contributed by atoms with Crippen LogP contribution in [0.2, 0.25) is 0 Å². The first kappa shape index (κ1) is 15.6. The Hall–Kier alpha value is -2.93. The lowest BCUT2D eigenvalue weighted by molar-refractivity contribution is -0.384. The van der Waals surface area contributed by atoms with Crippen molar-refractivity contribution in [3.05, 3.63) is 64.3 Å². The molecule has 1 saturated heterocycles. The van der Waals surface area contributed by atoms with Crippen molar-refractivity contribution in [1.29, 1.82) is 0 Å². The van der Waals surface area contributed by atoms with E-state index in [-0.39, 0.29) is 16.7 Å². The van der Waals surface area contributed by atoms with E-state index in [0.29, 0.717) is 6.54 Å². The number of nitrogens with one attached hydrogen (secondary N) is 1. The second kappa shape index (κ2) is 6.52. The average molecular weight is 338 g/mol. The van der Waals surface area contributed by atoms with Gasteiger partial charge in [0.1, 0.15) is 11.9 Å². The zero-order valence-corrected chi connectivity index (χ0v) is 13.6. The van der Waals surface area contributed by atoms with Gasteiger partial charge in [0.2, 0.25) is 0 Å². The Morgan fingerprint density at radius 1 is 1.32 bits per heavy atom. The van der Waals surface area contributed by atoms with Crippen LogP contribution in [0.3, 0.4) is 0 Å². The molecule has 3 aromatic rings. The number of H-pyrrole nitrogens is 1. The Morgan fingerprint density at radius 2 is 2.24 bits per heavy atom. The van der Waals surface area contributed by atoms with E-state index in [4.69, 9.17) is 4.74 Å². The first-order valence-electron chi connectivity index (χ1n) is 8.23. The maximum atomic E-state index is 10.9. The number of nitrogens with zero attached hydrogens (tertiary/aromatic N) is 3. The molecule has 1 N–H and O–H groups in total. The van der Waals surface area contributed by atoms with E-state index in [1.54, 1.807) is 18.3 Å². The molecule has 0 bridgehead atoms. The van der Waals surface area contributed by atoms with Crippen molar-refractivity contribution >= 4 is 16.6 Å². The number of nitro groups is 1. The molecule has 7 nitrogen and oxygen atoms in total. The van der Waals surface area contributed by atoms with Gasteiger partial charge >= 0.3 is 0 Å². The fourth-order valence-corrected chi connectivity index (χ4v) is 3.25. The lowest BCUT2D eigenvalue weighted by atomic mass is 10.2. The maximum Gasteiger partial charge on any atom is 0.269 e. The molecule has 0 amide bonds. The Kier molecular flexibility index (Phi) is 4.07. The third-order valence-corrected chi connectivity index (χ3v) is 4.47. The van der Waals surface area contributed by atoms with Crippen molar-refractivity contribution < 1.29 is 9.66 Å². The van der Waals surface area contributed by atoms with Gasteiger partial charge in [-0.1, -0.05) is 12.1 Å². The molecule has 1 aliphatic heterocycles. The molecule has 1 aromatic heterocycles. The van der Waals surface area contributed by atoms with Gasteiger partial charge < -0.3 is 4.74 Å². The average Bonchev–Trinajstić information content (AvgIpc) is 3.24. The first-order valence-corrected chi connectivity index (χ1v) is 8.23. The Bertz CT molecular complexity index is 908. The van der Waals surface area contributed by atoms with Gasteiger partial charge in [-0.15, -0.1) is 0 Å². The highest BCUT2D eigenvalue weighted by molar-refractivity contribution is 5.79. The Labute approximate surface area is 144 Å². The van der Waals surface area contributed by atoms with Gasteiger partial charge in [-0.3, -0.25) is 20.1 Å². The van der Waals surface area contributed by atoms with Crippen LogP contribution in [0.4, 0.5) is 5.69 Å². The van der Waals surface area contributed by atoms with E-state index < -0.39 is 0 Å². The lowest BCUT2D eigenvalue weighted by Crippen LogP contribution is -2.24. The Balaban J connectivity index is 1.38. The summed E-state index contributed by atoms with van der Waals surface area (Å²) < 4.78 is 6.09. The number of hydrogen-bond donors (Lipinski definition) is 1. The number of fused-ring (bicyclic) bond motifs is 1. The van der Waals surface area contributed by atoms with E-state index in [9.17, 15) is 10.1 Å². The minimum Gasteiger partial charge on any atom is -0.489 e. The number of hydrogen-bond acceptors (Lipinski definition) is 5. The van der Waals surface area contributed by atoms with Crippen LogP contribution in [0.5, 0.6) is 5.75 Å². The third kappa shape index (κ3) is 3.46. The van der Waals surface area contributed by atoms with Gasteiger partial charge in [-0.25, -0.2) is 0 Å². The summed E-state index contributed by atoms with van der Waals surface area (Å²) in [7, 11) is 0. The summed E-state index contributed by atoms with van der Waals surface area (Å²) in [4.78, 5) is 12.8. The molecule has 4 rings (SSSR count). The number of aromatic nitrogens is 2. The quantitative estimate of drug-likeness (QED) is 0.571. The molecule has 1 aliphatic rings. The first-order chi connectivity index (χ1) is 12.2. The van der Waals surface area contributed by atoms with Crippen molar-refractivity contribution in [3.8, 4) is 5.75 Å². The van der Waals surface area contributed by atoms with E-state index in [2.05, 4.69) is 15.1 Å². The molecule has 0 aliphatic carbocycles.